The van der Waals surface area contributed by atoms with Crippen LogP contribution in [0.4, 0.5) is 0 Å². The second-order valence-corrected chi connectivity index (χ2v) is 8.89. The third-order valence-electron chi connectivity index (χ3n) is 5.85. The van der Waals surface area contributed by atoms with Crippen molar-refractivity contribution in [1.82, 2.24) is 0 Å². The number of Topliss-reactive ketones (excluding diaryl/α,β-unsaturated/α-hetero) is 2. The molecule has 0 aliphatic heterocycles. The zero-order valence-corrected chi connectivity index (χ0v) is 16.5. The number of carbonyl (C=O) groups is 2. The molecule has 2 aromatic rings. The number of rotatable bonds is 7. The molecule has 28 heavy (non-hydrogen) atoms. The fourth-order valence-corrected chi connectivity index (χ4v) is 5.11. The number of hydrogen-bond acceptors (Lipinski definition) is 5. The van der Waals surface area contributed by atoms with Crippen LogP contribution in [0.15, 0.2) is 57.4 Å². The molecule has 2 aromatic carbocycles. The first-order valence-electron chi connectivity index (χ1n) is 9.95. The largest absolute Gasteiger partial charge is 0.294 e. The molecule has 0 heterocycles. The minimum atomic E-state index is -0.773. The predicted molar refractivity (Wildman–Crippen MR) is 110 cm³/mol. The van der Waals surface area contributed by atoms with Gasteiger partial charge in [-0.15, -0.1) is 0 Å². The van der Waals surface area contributed by atoms with Crippen LogP contribution in [0.5, 0.6) is 0 Å². The second kappa shape index (κ2) is 8.39. The van der Waals surface area contributed by atoms with Crippen LogP contribution in [0.3, 0.4) is 0 Å². The van der Waals surface area contributed by atoms with Crippen molar-refractivity contribution in [3.63, 3.8) is 0 Å². The molecule has 2 aliphatic carbocycles. The highest BCUT2D eigenvalue weighted by Gasteiger charge is 2.31. The summed E-state index contributed by atoms with van der Waals surface area (Å²) in [4.78, 5) is 37.2. The van der Waals surface area contributed by atoms with Crippen molar-refractivity contribution < 1.29 is 9.59 Å². The Morgan fingerprint density at radius 1 is 1.04 bits per heavy atom. The van der Waals surface area contributed by atoms with Gasteiger partial charge in [-0.1, -0.05) is 54.8 Å². The Morgan fingerprint density at radius 3 is 2.46 bits per heavy atom. The minimum Gasteiger partial charge on any atom is -0.294 e. The van der Waals surface area contributed by atoms with Gasteiger partial charge in [0, 0.05) is 33.8 Å². The zero-order chi connectivity index (χ0) is 19.5. The van der Waals surface area contributed by atoms with Gasteiger partial charge in [-0.3, -0.25) is 9.59 Å². The molecule has 5 heteroatoms. The van der Waals surface area contributed by atoms with Gasteiger partial charge in [0.1, 0.15) is 0 Å². The molecular weight excluding hydrogens is 370 g/mol. The summed E-state index contributed by atoms with van der Waals surface area (Å²) < 4.78 is 0. The van der Waals surface area contributed by atoms with Gasteiger partial charge in [0.15, 0.2) is 17.6 Å². The number of nitroso groups, excluding NO2 is 1. The molecule has 1 atom stereocenters. The van der Waals surface area contributed by atoms with Gasteiger partial charge < -0.3 is 0 Å². The Hall–Kier alpha value is -2.27. The van der Waals surface area contributed by atoms with Crippen LogP contribution in [0.25, 0.3) is 0 Å². The molecule has 0 amide bonds. The summed E-state index contributed by atoms with van der Waals surface area (Å²) in [5.41, 5.74) is 2.28. The molecule has 4 rings (SSSR count). The summed E-state index contributed by atoms with van der Waals surface area (Å²) in [5, 5.41) is 2.92. The second-order valence-electron chi connectivity index (χ2n) is 7.75. The van der Waals surface area contributed by atoms with Crippen LogP contribution in [-0.2, 0) is 6.42 Å². The maximum atomic E-state index is 12.4. The lowest BCUT2D eigenvalue weighted by Gasteiger charge is -2.08. The molecule has 0 radical (unpaired) electrons. The van der Waals surface area contributed by atoms with Crippen molar-refractivity contribution in [2.75, 3.05) is 0 Å². The van der Waals surface area contributed by atoms with E-state index in [4.69, 9.17) is 0 Å². The van der Waals surface area contributed by atoms with E-state index in [1.54, 1.807) is 17.8 Å². The van der Waals surface area contributed by atoms with Crippen LogP contribution < -0.4 is 0 Å². The fraction of sp³-hybridized carbons (Fsp3) is 0.391. The van der Waals surface area contributed by atoms with Crippen LogP contribution in [0, 0.1) is 10.8 Å². The Labute approximate surface area is 169 Å². The van der Waals surface area contributed by atoms with Gasteiger partial charge in [0.2, 0.25) is 0 Å². The predicted octanol–water partition coefficient (Wildman–Crippen LogP) is 5.86. The van der Waals surface area contributed by atoms with Crippen LogP contribution in [0.2, 0.25) is 0 Å². The first kappa shape index (κ1) is 19.1. The maximum Gasteiger partial charge on any atom is 0.191 e. The lowest BCUT2D eigenvalue weighted by molar-refractivity contribution is 0.0967. The third-order valence-corrected chi connectivity index (χ3v) is 6.85. The molecule has 144 valence electrons. The quantitative estimate of drug-likeness (QED) is 0.436. The fourth-order valence-electron chi connectivity index (χ4n) is 4.23. The first-order valence-corrected chi connectivity index (χ1v) is 10.8. The van der Waals surface area contributed by atoms with E-state index >= 15 is 0 Å². The van der Waals surface area contributed by atoms with Gasteiger partial charge in [-0.2, -0.15) is 4.91 Å². The number of ketones is 2. The van der Waals surface area contributed by atoms with Gasteiger partial charge in [-0.05, 0) is 48.2 Å². The van der Waals surface area contributed by atoms with Crippen molar-refractivity contribution in [2.45, 2.75) is 60.8 Å². The van der Waals surface area contributed by atoms with Crippen molar-refractivity contribution in [3.05, 3.63) is 64.1 Å². The number of carbonyl (C=O) groups excluding carboxylic acids is 2. The van der Waals surface area contributed by atoms with E-state index in [2.05, 4.69) is 5.18 Å². The lowest BCUT2D eigenvalue weighted by atomic mass is 9.97. The van der Waals surface area contributed by atoms with E-state index in [0.29, 0.717) is 18.4 Å². The molecular formula is C23H23NO3S. The van der Waals surface area contributed by atoms with E-state index < -0.39 is 6.04 Å². The molecule has 0 bridgehead atoms. The zero-order valence-electron chi connectivity index (χ0n) is 15.7. The molecule has 1 fully saturated rings. The summed E-state index contributed by atoms with van der Waals surface area (Å²) in [6.07, 6.45) is 7.22. The summed E-state index contributed by atoms with van der Waals surface area (Å²) in [5.74, 6) is 0.786. The van der Waals surface area contributed by atoms with E-state index in [9.17, 15) is 14.5 Å². The molecule has 0 N–H and O–H groups in total. The SMILES string of the molecule is O=NC1Cc2cc(Sc3ccc(C(=O)CCC4CCCC4)cc3)ccc2C1=O. The minimum absolute atomic E-state index is 0.179. The average molecular weight is 394 g/mol. The monoisotopic (exact) mass is 393 g/mol. The average Bonchev–Trinajstić information content (AvgIpc) is 3.34. The van der Waals surface area contributed by atoms with Crippen molar-refractivity contribution >= 4 is 23.3 Å². The number of fused-ring (bicyclic) bond motifs is 1. The van der Waals surface area contributed by atoms with E-state index in [1.165, 1.54) is 25.7 Å². The Morgan fingerprint density at radius 2 is 1.75 bits per heavy atom. The highest BCUT2D eigenvalue weighted by molar-refractivity contribution is 7.99. The third kappa shape index (κ3) is 4.09. The number of hydrogen-bond donors (Lipinski definition) is 0. The van der Waals surface area contributed by atoms with Crippen LogP contribution in [-0.4, -0.2) is 17.6 Å². The highest BCUT2D eigenvalue weighted by atomic mass is 32.2. The van der Waals surface area contributed by atoms with Gasteiger partial charge in [0.05, 0.1) is 0 Å². The molecule has 4 nitrogen and oxygen atoms in total. The Balaban J connectivity index is 1.38. The molecule has 0 aromatic heterocycles. The smallest absolute Gasteiger partial charge is 0.191 e. The van der Waals surface area contributed by atoms with E-state index in [0.717, 1.165) is 33.3 Å². The molecule has 2 aliphatic rings. The number of nitrogens with zero attached hydrogens (tertiary/aromatic N) is 1. The normalized spacial score (nSPS) is 19.0. The molecule has 1 unspecified atom stereocenters. The summed E-state index contributed by atoms with van der Waals surface area (Å²) in [6, 6.07) is 12.6. The molecule has 1 saturated carbocycles. The van der Waals surface area contributed by atoms with Crippen molar-refractivity contribution in [3.8, 4) is 0 Å². The summed E-state index contributed by atoms with van der Waals surface area (Å²) in [6.45, 7) is 0. The van der Waals surface area contributed by atoms with Crippen molar-refractivity contribution in [1.29, 1.82) is 0 Å². The van der Waals surface area contributed by atoms with Gasteiger partial charge in [0.25, 0.3) is 0 Å². The molecule has 0 saturated heterocycles. The Kier molecular flexibility index (Phi) is 5.72. The standard InChI is InChI=1S/C23H23NO3S/c25-22(12-5-15-3-1-2-4-15)16-6-8-18(9-7-16)28-19-10-11-20-17(13-19)14-21(24-27)23(20)26/h6-11,13,15,21H,1-5,12,14H2. The van der Waals surface area contributed by atoms with Crippen molar-refractivity contribution in [2.24, 2.45) is 11.1 Å². The van der Waals surface area contributed by atoms with E-state index in [-0.39, 0.29) is 11.6 Å². The van der Waals surface area contributed by atoms with Crippen LogP contribution >= 0.6 is 11.8 Å². The highest BCUT2D eigenvalue weighted by Crippen LogP contribution is 2.33. The lowest BCUT2D eigenvalue weighted by Crippen LogP contribution is -2.11. The van der Waals surface area contributed by atoms with E-state index in [1.807, 2.05) is 36.4 Å². The Bertz CT molecular complexity index is 901. The van der Waals surface area contributed by atoms with Gasteiger partial charge >= 0.3 is 0 Å². The maximum absolute atomic E-state index is 12.4. The topological polar surface area (TPSA) is 63.6 Å². The van der Waals surface area contributed by atoms with Crippen LogP contribution in [0.1, 0.15) is 64.8 Å². The molecule has 0 spiro atoms. The first-order chi connectivity index (χ1) is 13.6. The van der Waals surface area contributed by atoms with Gasteiger partial charge in [-0.25, -0.2) is 0 Å². The summed E-state index contributed by atoms with van der Waals surface area (Å²) >= 11 is 1.59. The number of benzene rings is 2. The summed E-state index contributed by atoms with van der Waals surface area (Å²) in [7, 11) is 0.